The molecule has 0 saturated heterocycles. The van der Waals surface area contributed by atoms with Crippen LogP contribution in [0, 0.1) is 0 Å². The van der Waals surface area contributed by atoms with Crippen LogP contribution in [0.5, 0.6) is 0 Å². The average molecular weight is 248 g/mol. The van der Waals surface area contributed by atoms with Gasteiger partial charge in [0.25, 0.3) is 0 Å². The predicted molar refractivity (Wildman–Crippen MR) is 60.5 cm³/mol. The summed E-state index contributed by atoms with van der Waals surface area (Å²) in [4.78, 5) is 18.6. The average Bonchev–Trinajstić information content (AvgIpc) is 2.76. The van der Waals surface area contributed by atoms with Crippen LogP contribution in [0.15, 0.2) is 18.9 Å². The van der Waals surface area contributed by atoms with Crippen LogP contribution in [-0.2, 0) is 20.1 Å². The summed E-state index contributed by atoms with van der Waals surface area (Å²) < 4.78 is 1.78. The summed E-state index contributed by atoms with van der Waals surface area (Å²) in [6, 6.07) is 0. The zero-order chi connectivity index (χ0) is 13.0. The van der Waals surface area contributed by atoms with E-state index in [1.54, 1.807) is 10.9 Å². The molecule has 2 heterocycles. The molecule has 0 aliphatic rings. The Hall–Kier alpha value is -2.35. The van der Waals surface area contributed by atoms with E-state index in [1.165, 1.54) is 12.5 Å². The molecule has 0 bridgehead atoms. The second-order valence-electron chi connectivity index (χ2n) is 3.65. The largest absolute Gasteiger partial charge is 0.478 e. The van der Waals surface area contributed by atoms with Crippen LogP contribution in [0.3, 0.4) is 0 Å². The number of carboxylic acid groups (broad SMARTS) is 1. The van der Waals surface area contributed by atoms with Crippen molar-refractivity contribution in [2.45, 2.75) is 13.1 Å². The number of hydrogen-bond acceptors (Lipinski definition) is 6. The highest BCUT2D eigenvalue weighted by Crippen LogP contribution is 2.03. The van der Waals surface area contributed by atoms with Crippen molar-refractivity contribution in [2.24, 2.45) is 7.05 Å². The van der Waals surface area contributed by atoms with E-state index in [0.717, 1.165) is 5.82 Å². The third-order valence-electron chi connectivity index (χ3n) is 2.41. The van der Waals surface area contributed by atoms with E-state index < -0.39 is 5.97 Å². The molecule has 0 spiro atoms. The Balaban J connectivity index is 1.99. The topological polar surface area (TPSA) is 106 Å². The molecule has 0 fully saturated rings. The molecule has 0 atom stereocenters. The fourth-order valence-electron chi connectivity index (χ4n) is 1.43. The molecule has 8 heteroatoms. The highest BCUT2D eigenvalue weighted by molar-refractivity contribution is 5.88. The number of aromatic carboxylic acids is 1. The third-order valence-corrected chi connectivity index (χ3v) is 2.41. The summed E-state index contributed by atoms with van der Waals surface area (Å²) >= 11 is 0. The van der Waals surface area contributed by atoms with Gasteiger partial charge in [-0.25, -0.2) is 14.8 Å². The summed E-state index contributed by atoms with van der Waals surface area (Å²) in [6.07, 6.45) is 4.21. The molecule has 94 valence electrons. The third kappa shape index (κ3) is 2.66. The van der Waals surface area contributed by atoms with Crippen molar-refractivity contribution >= 4 is 5.97 Å². The molecule has 18 heavy (non-hydrogen) atoms. The van der Waals surface area contributed by atoms with Crippen molar-refractivity contribution in [2.75, 3.05) is 0 Å². The molecule has 0 aliphatic carbocycles. The Morgan fingerprint density at radius 2 is 2.33 bits per heavy atom. The SMILES string of the molecule is Cn1cnnc1CNCc1ncncc1C(=O)O. The highest BCUT2D eigenvalue weighted by Gasteiger charge is 2.11. The first kappa shape index (κ1) is 12.1. The van der Waals surface area contributed by atoms with Gasteiger partial charge >= 0.3 is 5.97 Å². The number of aromatic nitrogens is 5. The normalized spacial score (nSPS) is 10.5. The molecule has 0 aromatic carbocycles. The summed E-state index contributed by atoms with van der Waals surface area (Å²) in [5, 5.41) is 19.7. The Kier molecular flexibility index (Phi) is 3.58. The number of hydrogen-bond donors (Lipinski definition) is 2. The van der Waals surface area contributed by atoms with Crippen LogP contribution in [0.25, 0.3) is 0 Å². The van der Waals surface area contributed by atoms with Crippen LogP contribution in [0.2, 0.25) is 0 Å². The van der Waals surface area contributed by atoms with Crippen molar-refractivity contribution in [3.63, 3.8) is 0 Å². The second-order valence-corrected chi connectivity index (χ2v) is 3.65. The molecular weight excluding hydrogens is 236 g/mol. The lowest BCUT2D eigenvalue weighted by Gasteiger charge is -2.05. The quantitative estimate of drug-likeness (QED) is 0.741. The van der Waals surface area contributed by atoms with Crippen molar-refractivity contribution in [1.82, 2.24) is 30.0 Å². The number of nitrogens with one attached hydrogen (secondary N) is 1. The van der Waals surface area contributed by atoms with Gasteiger partial charge in [-0.1, -0.05) is 0 Å². The minimum Gasteiger partial charge on any atom is -0.478 e. The van der Waals surface area contributed by atoms with Gasteiger partial charge < -0.3 is 15.0 Å². The van der Waals surface area contributed by atoms with Crippen molar-refractivity contribution in [3.8, 4) is 0 Å². The summed E-state index contributed by atoms with van der Waals surface area (Å²) in [5.41, 5.74) is 0.544. The number of carboxylic acids is 1. The Bertz CT molecular complexity index is 553. The van der Waals surface area contributed by atoms with E-state index in [-0.39, 0.29) is 5.56 Å². The van der Waals surface area contributed by atoms with Crippen molar-refractivity contribution in [1.29, 1.82) is 0 Å². The Morgan fingerprint density at radius 1 is 1.50 bits per heavy atom. The maximum atomic E-state index is 10.9. The minimum absolute atomic E-state index is 0.1000. The molecular formula is C10H12N6O2. The number of aryl methyl sites for hydroxylation is 1. The molecule has 0 saturated carbocycles. The molecule has 2 aromatic heterocycles. The van der Waals surface area contributed by atoms with Gasteiger partial charge in [-0.3, -0.25) is 0 Å². The Labute approximate surface area is 103 Å². The molecule has 0 unspecified atom stereocenters. The van der Waals surface area contributed by atoms with Gasteiger partial charge in [0.15, 0.2) is 0 Å². The fourth-order valence-corrected chi connectivity index (χ4v) is 1.43. The first-order chi connectivity index (χ1) is 8.68. The number of nitrogens with zero attached hydrogens (tertiary/aromatic N) is 5. The monoisotopic (exact) mass is 248 g/mol. The zero-order valence-electron chi connectivity index (χ0n) is 9.74. The lowest BCUT2D eigenvalue weighted by Crippen LogP contribution is -2.19. The zero-order valence-corrected chi connectivity index (χ0v) is 9.74. The molecule has 0 amide bonds. The van der Waals surface area contributed by atoms with Gasteiger partial charge in [0, 0.05) is 19.8 Å². The smallest absolute Gasteiger partial charge is 0.339 e. The molecule has 2 N–H and O–H groups in total. The summed E-state index contributed by atoms with van der Waals surface area (Å²) in [5.74, 6) is -0.271. The van der Waals surface area contributed by atoms with E-state index >= 15 is 0 Å². The first-order valence-corrected chi connectivity index (χ1v) is 5.24. The van der Waals surface area contributed by atoms with E-state index in [2.05, 4.69) is 25.5 Å². The van der Waals surface area contributed by atoms with Crippen LogP contribution in [-0.4, -0.2) is 35.8 Å². The summed E-state index contributed by atoms with van der Waals surface area (Å²) in [6.45, 7) is 0.816. The standard InChI is InChI=1S/C10H12N6O2/c1-16-6-14-15-9(16)4-11-3-8-7(10(17)18)2-12-5-13-8/h2,5-6,11H,3-4H2,1H3,(H,17,18). The Morgan fingerprint density at radius 3 is 3.00 bits per heavy atom. The van der Waals surface area contributed by atoms with Crippen molar-refractivity contribution in [3.05, 3.63) is 35.9 Å². The van der Waals surface area contributed by atoms with E-state index in [4.69, 9.17) is 5.11 Å². The highest BCUT2D eigenvalue weighted by atomic mass is 16.4. The van der Waals surface area contributed by atoms with Gasteiger partial charge in [-0.15, -0.1) is 10.2 Å². The molecule has 0 aliphatic heterocycles. The predicted octanol–water partition coefficient (Wildman–Crippen LogP) is -0.407. The first-order valence-electron chi connectivity index (χ1n) is 5.24. The van der Waals surface area contributed by atoms with Gasteiger partial charge in [0.05, 0.1) is 12.2 Å². The fraction of sp³-hybridized carbons (Fsp3) is 0.300. The van der Waals surface area contributed by atoms with Gasteiger partial charge in [0.2, 0.25) is 0 Å². The molecule has 2 aromatic rings. The van der Waals surface area contributed by atoms with Crippen molar-refractivity contribution < 1.29 is 9.90 Å². The van der Waals surface area contributed by atoms with Gasteiger partial charge in [-0.05, 0) is 0 Å². The maximum Gasteiger partial charge on any atom is 0.339 e. The van der Waals surface area contributed by atoms with Gasteiger partial charge in [-0.2, -0.15) is 0 Å². The lowest BCUT2D eigenvalue weighted by atomic mass is 10.2. The summed E-state index contributed by atoms with van der Waals surface area (Å²) in [7, 11) is 1.84. The molecule has 8 nitrogen and oxygen atoms in total. The van der Waals surface area contributed by atoms with E-state index in [9.17, 15) is 4.79 Å². The molecule has 0 radical (unpaired) electrons. The van der Waals surface area contributed by atoms with E-state index in [0.29, 0.717) is 18.8 Å². The van der Waals surface area contributed by atoms with Crippen LogP contribution < -0.4 is 5.32 Å². The van der Waals surface area contributed by atoms with E-state index in [1.807, 2.05) is 7.05 Å². The number of rotatable bonds is 5. The van der Waals surface area contributed by atoms with Gasteiger partial charge in [0.1, 0.15) is 24.0 Å². The van der Waals surface area contributed by atoms with Crippen LogP contribution in [0.4, 0.5) is 0 Å². The number of carbonyl (C=O) groups is 1. The molecule has 2 rings (SSSR count). The maximum absolute atomic E-state index is 10.9. The second kappa shape index (κ2) is 5.32. The minimum atomic E-state index is -1.04. The van der Waals surface area contributed by atoms with Crippen LogP contribution >= 0.6 is 0 Å². The van der Waals surface area contributed by atoms with Crippen LogP contribution in [0.1, 0.15) is 21.9 Å². The lowest BCUT2D eigenvalue weighted by molar-refractivity contribution is 0.0694.